The highest BCUT2D eigenvalue weighted by molar-refractivity contribution is 5.79. The summed E-state index contributed by atoms with van der Waals surface area (Å²) in [5.74, 6) is 0.475. The second-order valence-electron chi connectivity index (χ2n) is 5.09. The van der Waals surface area contributed by atoms with Gasteiger partial charge in [0.05, 0.1) is 18.9 Å². The van der Waals surface area contributed by atoms with E-state index >= 15 is 0 Å². The highest BCUT2D eigenvalue weighted by atomic mass is 16.5. The summed E-state index contributed by atoms with van der Waals surface area (Å²) >= 11 is 0. The first kappa shape index (κ1) is 13.4. The van der Waals surface area contributed by atoms with Crippen LogP contribution in [0.4, 0.5) is 5.82 Å². The largest absolute Gasteiger partial charge is 0.508 e. The Bertz CT molecular complexity index is 763. The van der Waals surface area contributed by atoms with Gasteiger partial charge in [-0.1, -0.05) is 6.07 Å². The molecule has 0 spiro atoms. The molecule has 106 valence electrons. The van der Waals surface area contributed by atoms with Crippen molar-refractivity contribution in [3.8, 4) is 22.9 Å². The molecule has 0 unspecified atom stereocenters. The smallest absolute Gasteiger partial charge is 0.142 e. The first-order valence-electron chi connectivity index (χ1n) is 6.71. The van der Waals surface area contributed by atoms with Crippen molar-refractivity contribution in [3.63, 3.8) is 0 Å². The van der Waals surface area contributed by atoms with Crippen molar-refractivity contribution in [2.24, 2.45) is 0 Å². The number of ether oxygens (including phenoxy) is 1. The maximum atomic E-state index is 9.68. The highest BCUT2D eigenvalue weighted by Gasteiger charge is 2.22. The Balaban J connectivity index is 2.31. The number of pyridine rings is 1. The zero-order chi connectivity index (χ0) is 15.0. The van der Waals surface area contributed by atoms with Crippen LogP contribution < -0.4 is 5.73 Å². The monoisotopic (exact) mass is 281 g/mol. The maximum absolute atomic E-state index is 9.68. The molecule has 0 saturated heterocycles. The number of hydrogen-bond donors (Lipinski definition) is 2. The Kier molecular flexibility index (Phi) is 3.24. The number of nitrogens with zero attached hydrogens (tertiary/aromatic N) is 2. The van der Waals surface area contributed by atoms with Crippen molar-refractivity contribution < 1.29 is 9.84 Å². The van der Waals surface area contributed by atoms with Gasteiger partial charge in [0.25, 0.3) is 0 Å². The van der Waals surface area contributed by atoms with Gasteiger partial charge in [-0.25, -0.2) is 4.98 Å². The fraction of sp³-hybridized carbons (Fsp3) is 0.250. The fourth-order valence-electron chi connectivity index (χ4n) is 2.64. The zero-order valence-corrected chi connectivity index (χ0v) is 11.7. The number of nitrogens with two attached hydrogens (primary N) is 1. The molecule has 1 aliphatic rings. The van der Waals surface area contributed by atoms with Crippen LogP contribution >= 0.6 is 0 Å². The molecule has 0 atom stereocenters. The minimum absolute atomic E-state index is 0.226. The van der Waals surface area contributed by atoms with Crippen LogP contribution in [0.1, 0.15) is 22.4 Å². The topological polar surface area (TPSA) is 92.2 Å². The molecular formula is C16H15N3O2. The molecule has 3 rings (SSSR count). The first-order valence-corrected chi connectivity index (χ1v) is 6.71. The third-order valence-electron chi connectivity index (χ3n) is 3.74. The molecule has 0 fully saturated rings. The van der Waals surface area contributed by atoms with Crippen molar-refractivity contribution >= 4 is 5.82 Å². The Hall–Kier alpha value is -2.58. The normalized spacial score (nSPS) is 13.5. The number of hydrogen-bond acceptors (Lipinski definition) is 5. The lowest BCUT2D eigenvalue weighted by molar-refractivity contribution is 0.109. The average molecular weight is 281 g/mol. The number of rotatable bonds is 1. The molecule has 5 nitrogen and oxygen atoms in total. The zero-order valence-electron chi connectivity index (χ0n) is 11.7. The molecule has 2 aromatic rings. The molecule has 0 saturated carbocycles. The first-order chi connectivity index (χ1) is 10.1. The van der Waals surface area contributed by atoms with Gasteiger partial charge in [0, 0.05) is 17.5 Å². The molecule has 1 aliphatic heterocycles. The van der Waals surface area contributed by atoms with Crippen molar-refractivity contribution in [3.05, 3.63) is 40.6 Å². The summed E-state index contributed by atoms with van der Waals surface area (Å²) in [6, 6.07) is 7.40. The predicted molar refractivity (Wildman–Crippen MR) is 78.6 cm³/mol. The number of nitriles is 1. The molecule has 2 heterocycles. The van der Waals surface area contributed by atoms with E-state index in [4.69, 9.17) is 10.5 Å². The van der Waals surface area contributed by atoms with Crippen LogP contribution in [-0.4, -0.2) is 16.7 Å². The SMILES string of the molecule is Cc1cc(-c2c(C#N)c(N)nc3c2COCC3)ccc1O. The van der Waals surface area contributed by atoms with Crippen LogP contribution in [0.15, 0.2) is 18.2 Å². The van der Waals surface area contributed by atoms with E-state index in [0.29, 0.717) is 25.2 Å². The minimum atomic E-state index is 0.226. The number of benzene rings is 1. The van der Waals surface area contributed by atoms with E-state index in [1.165, 1.54) is 0 Å². The number of aromatic nitrogens is 1. The van der Waals surface area contributed by atoms with E-state index in [1.807, 2.05) is 13.0 Å². The number of phenols is 1. The molecule has 1 aromatic carbocycles. The summed E-state index contributed by atoms with van der Waals surface area (Å²) in [6.45, 7) is 2.85. The molecule has 0 radical (unpaired) electrons. The van der Waals surface area contributed by atoms with Gasteiger partial charge in [-0.15, -0.1) is 0 Å². The Morgan fingerprint density at radius 2 is 2.24 bits per heavy atom. The summed E-state index contributed by atoms with van der Waals surface area (Å²) in [7, 11) is 0. The Labute approximate surface area is 122 Å². The van der Waals surface area contributed by atoms with Crippen LogP contribution in [-0.2, 0) is 17.8 Å². The predicted octanol–water partition coefficient (Wildman–Crippen LogP) is 2.29. The second-order valence-corrected chi connectivity index (χ2v) is 5.09. The average Bonchev–Trinajstić information content (AvgIpc) is 2.48. The highest BCUT2D eigenvalue weighted by Crippen LogP contribution is 2.35. The van der Waals surface area contributed by atoms with Crippen LogP contribution in [0.3, 0.4) is 0 Å². The van der Waals surface area contributed by atoms with Gasteiger partial charge in [-0.3, -0.25) is 0 Å². The Morgan fingerprint density at radius 3 is 2.95 bits per heavy atom. The summed E-state index contributed by atoms with van der Waals surface area (Å²) in [6.07, 6.45) is 0.690. The summed E-state index contributed by atoms with van der Waals surface area (Å²) < 4.78 is 5.51. The summed E-state index contributed by atoms with van der Waals surface area (Å²) in [5, 5.41) is 19.1. The summed E-state index contributed by atoms with van der Waals surface area (Å²) in [5.41, 5.74) is 10.5. The molecule has 5 heteroatoms. The Morgan fingerprint density at radius 1 is 1.43 bits per heavy atom. The number of nitrogen functional groups attached to an aromatic ring is 1. The number of fused-ring (bicyclic) bond motifs is 1. The quantitative estimate of drug-likeness (QED) is 0.836. The van der Waals surface area contributed by atoms with E-state index in [-0.39, 0.29) is 11.6 Å². The van der Waals surface area contributed by atoms with Gasteiger partial charge in [0.2, 0.25) is 0 Å². The molecular weight excluding hydrogens is 266 g/mol. The van der Waals surface area contributed by atoms with Crippen molar-refractivity contribution in [1.82, 2.24) is 4.98 Å². The number of anilines is 1. The van der Waals surface area contributed by atoms with E-state index in [9.17, 15) is 10.4 Å². The van der Waals surface area contributed by atoms with E-state index < -0.39 is 0 Å². The van der Waals surface area contributed by atoms with E-state index in [1.54, 1.807) is 12.1 Å². The van der Waals surface area contributed by atoms with Crippen LogP contribution in [0.25, 0.3) is 11.1 Å². The van der Waals surface area contributed by atoms with Gasteiger partial charge < -0.3 is 15.6 Å². The standard InChI is InChI=1S/C16H15N3O2/c1-9-6-10(2-3-14(9)20)15-11(7-17)16(18)19-13-4-5-21-8-12(13)15/h2-3,6,20H,4-5,8H2,1H3,(H2,18,19). The lowest BCUT2D eigenvalue weighted by Gasteiger charge is -2.21. The second kappa shape index (κ2) is 5.08. The van der Waals surface area contributed by atoms with Gasteiger partial charge >= 0.3 is 0 Å². The van der Waals surface area contributed by atoms with Gasteiger partial charge in [0.1, 0.15) is 23.2 Å². The van der Waals surface area contributed by atoms with E-state index in [0.717, 1.165) is 27.9 Å². The van der Waals surface area contributed by atoms with Crippen molar-refractivity contribution in [2.45, 2.75) is 20.0 Å². The van der Waals surface area contributed by atoms with Crippen LogP contribution in [0.2, 0.25) is 0 Å². The molecule has 1 aromatic heterocycles. The molecule has 0 aliphatic carbocycles. The minimum Gasteiger partial charge on any atom is -0.508 e. The van der Waals surface area contributed by atoms with Crippen LogP contribution in [0.5, 0.6) is 5.75 Å². The molecule has 0 bridgehead atoms. The maximum Gasteiger partial charge on any atom is 0.142 e. The van der Waals surface area contributed by atoms with E-state index in [2.05, 4.69) is 11.1 Å². The van der Waals surface area contributed by atoms with Gasteiger partial charge in [-0.05, 0) is 30.2 Å². The van der Waals surface area contributed by atoms with Crippen molar-refractivity contribution in [1.29, 1.82) is 5.26 Å². The molecule has 0 amide bonds. The van der Waals surface area contributed by atoms with Gasteiger partial charge in [0.15, 0.2) is 0 Å². The van der Waals surface area contributed by atoms with Gasteiger partial charge in [-0.2, -0.15) is 5.26 Å². The summed E-state index contributed by atoms with van der Waals surface area (Å²) in [4.78, 5) is 4.34. The number of aryl methyl sites for hydroxylation is 1. The third-order valence-corrected chi connectivity index (χ3v) is 3.74. The number of phenolic OH excluding ortho intramolecular Hbond substituents is 1. The van der Waals surface area contributed by atoms with Crippen LogP contribution in [0, 0.1) is 18.3 Å². The lowest BCUT2D eigenvalue weighted by atomic mass is 9.92. The molecule has 3 N–H and O–H groups in total. The number of aromatic hydroxyl groups is 1. The fourth-order valence-corrected chi connectivity index (χ4v) is 2.64. The van der Waals surface area contributed by atoms with Crippen molar-refractivity contribution in [2.75, 3.05) is 12.3 Å². The third kappa shape index (κ3) is 2.20. The molecule has 21 heavy (non-hydrogen) atoms. The lowest BCUT2D eigenvalue weighted by Crippen LogP contribution is -2.16.